The molecule has 0 aliphatic heterocycles. The van der Waals surface area contributed by atoms with E-state index in [1.54, 1.807) is 30.6 Å². The van der Waals surface area contributed by atoms with Crippen LogP contribution in [-0.4, -0.2) is 27.3 Å². The Morgan fingerprint density at radius 2 is 1.86 bits per heavy atom. The van der Waals surface area contributed by atoms with Crippen LogP contribution in [0.25, 0.3) is 11.3 Å². The van der Waals surface area contributed by atoms with Crippen molar-refractivity contribution in [2.24, 2.45) is 0 Å². The molecule has 144 valence electrons. The van der Waals surface area contributed by atoms with Crippen LogP contribution in [0.15, 0.2) is 59.7 Å². The van der Waals surface area contributed by atoms with Crippen molar-refractivity contribution in [3.05, 3.63) is 76.8 Å². The summed E-state index contributed by atoms with van der Waals surface area (Å²) in [7, 11) is 0. The summed E-state index contributed by atoms with van der Waals surface area (Å²) in [5.74, 6) is -1.39. The first-order valence-corrected chi connectivity index (χ1v) is 8.51. The molecule has 2 heterocycles. The number of carbonyl (C=O) groups excluding carboxylic acids is 1. The van der Waals surface area contributed by atoms with Crippen LogP contribution >= 0.6 is 0 Å². The summed E-state index contributed by atoms with van der Waals surface area (Å²) >= 11 is 0. The molecule has 7 nitrogen and oxygen atoms in total. The van der Waals surface area contributed by atoms with Crippen LogP contribution in [0.2, 0.25) is 0 Å². The van der Waals surface area contributed by atoms with Crippen LogP contribution < -0.4 is 16.2 Å². The molecule has 28 heavy (non-hydrogen) atoms. The van der Waals surface area contributed by atoms with Crippen LogP contribution in [0.3, 0.4) is 0 Å². The summed E-state index contributed by atoms with van der Waals surface area (Å²) < 4.78 is 27.9. The molecule has 1 aromatic carbocycles. The van der Waals surface area contributed by atoms with Gasteiger partial charge in [-0.3, -0.25) is 9.78 Å². The molecule has 2 aromatic heterocycles. The lowest BCUT2D eigenvalue weighted by atomic mass is 10.2. The standard InChI is InChI=1S/C19H17F2N5O2/c20-14-2-3-15(21)17(12-14)24-19(28)23-8-1-11-26-18(27)5-4-16(25-26)13-6-9-22-10-7-13/h2-7,9-10,12H,1,8,11H2,(H2,23,24,28). The molecule has 0 saturated heterocycles. The molecular formula is C19H17F2N5O2. The van der Waals surface area contributed by atoms with Gasteiger partial charge in [0.05, 0.1) is 11.4 Å². The first-order chi connectivity index (χ1) is 13.5. The Morgan fingerprint density at radius 3 is 2.64 bits per heavy atom. The number of urea groups is 1. The van der Waals surface area contributed by atoms with Crippen LogP contribution in [0.4, 0.5) is 19.3 Å². The van der Waals surface area contributed by atoms with E-state index in [1.807, 2.05) is 0 Å². The SMILES string of the molecule is O=C(NCCCn1nc(-c2ccncc2)ccc1=O)Nc1cc(F)ccc1F. The van der Waals surface area contributed by atoms with Gasteiger partial charge in [-0.1, -0.05) is 0 Å². The molecule has 0 aliphatic carbocycles. The lowest BCUT2D eigenvalue weighted by molar-refractivity contribution is 0.251. The maximum Gasteiger partial charge on any atom is 0.319 e. The minimum Gasteiger partial charge on any atom is -0.338 e. The molecule has 2 N–H and O–H groups in total. The summed E-state index contributed by atoms with van der Waals surface area (Å²) in [6.07, 6.45) is 3.69. The molecule has 0 aliphatic rings. The van der Waals surface area contributed by atoms with Crippen molar-refractivity contribution in [3.63, 3.8) is 0 Å². The second-order valence-electron chi connectivity index (χ2n) is 5.87. The number of hydrogen-bond acceptors (Lipinski definition) is 4. The Hall–Kier alpha value is -3.62. The van der Waals surface area contributed by atoms with E-state index in [1.165, 1.54) is 10.7 Å². The van der Waals surface area contributed by atoms with Gasteiger partial charge in [0, 0.05) is 43.2 Å². The zero-order valence-electron chi connectivity index (χ0n) is 14.7. The Balaban J connectivity index is 1.53. The number of aromatic nitrogens is 3. The van der Waals surface area contributed by atoms with Gasteiger partial charge in [0.2, 0.25) is 0 Å². The summed E-state index contributed by atoms with van der Waals surface area (Å²) in [5.41, 5.74) is 0.956. The van der Waals surface area contributed by atoms with Gasteiger partial charge in [0.1, 0.15) is 11.6 Å². The zero-order valence-corrected chi connectivity index (χ0v) is 14.7. The largest absolute Gasteiger partial charge is 0.338 e. The zero-order chi connectivity index (χ0) is 19.9. The first-order valence-electron chi connectivity index (χ1n) is 8.51. The van der Waals surface area contributed by atoms with Crippen molar-refractivity contribution in [2.45, 2.75) is 13.0 Å². The van der Waals surface area contributed by atoms with Gasteiger partial charge in [-0.25, -0.2) is 18.3 Å². The molecule has 0 spiro atoms. The molecule has 0 saturated carbocycles. The number of hydrogen-bond donors (Lipinski definition) is 2. The quantitative estimate of drug-likeness (QED) is 0.639. The third kappa shape index (κ3) is 4.97. The van der Waals surface area contributed by atoms with Gasteiger partial charge in [-0.15, -0.1) is 0 Å². The number of carbonyl (C=O) groups is 1. The number of pyridine rings is 1. The van der Waals surface area contributed by atoms with Crippen molar-refractivity contribution >= 4 is 11.7 Å². The molecule has 0 bridgehead atoms. The fourth-order valence-corrected chi connectivity index (χ4v) is 2.48. The van der Waals surface area contributed by atoms with Crippen molar-refractivity contribution < 1.29 is 13.6 Å². The second-order valence-corrected chi connectivity index (χ2v) is 5.87. The van der Waals surface area contributed by atoms with E-state index in [2.05, 4.69) is 20.7 Å². The maximum absolute atomic E-state index is 13.5. The average Bonchev–Trinajstić information content (AvgIpc) is 2.70. The minimum atomic E-state index is -0.736. The van der Waals surface area contributed by atoms with Gasteiger partial charge in [0.25, 0.3) is 5.56 Å². The normalized spacial score (nSPS) is 10.5. The van der Waals surface area contributed by atoms with E-state index in [4.69, 9.17) is 0 Å². The number of halogens is 2. The molecule has 0 fully saturated rings. The lowest BCUT2D eigenvalue weighted by Gasteiger charge is -2.10. The maximum atomic E-state index is 13.5. The highest BCUT2D eigenvalue weighted by molar-refractivity contribution is 5.89. The number of aryl methyl sites for hydroxylation is 1. The van der Waals surface area contributed by atoms with Gasteiger partial charge in [-0.05, 0) is 36.8 Å². The molecule has 3 aromatic rings. The third-order valence-corrected chi connectivity index (χ3v) is 3.85. The highest BCUT2D eigenvalue weighted by Gasteiger charge is 2.08. The highest BCUT2D eigenvalue weighted by atomic mass is 19.1. The predicted octanol–water partition coefficient (Wildman–Crippen LogP) is 2.80. The van der Waals surface area contributed by atoms with E-state index in [-0.39, 0.29) is 24.3 Å². The number of nitrogens with zero attached hydrogens (tertiary/aromatic N) is 3. The molecule has 0 atom stereocenters. The number of nitrogens with one attached hydrogen (secondary N) is 2. The topological polar surface area (TPSA) is 88.9 Å². The number of anilines is 1. The van der Waals surface area contributed by atoms with E-state index in [9.17, 15) is 18.4 Å². The Morgan fingerprint density at radius 1 is 1.07 bits per heavy atom. The Labute approximate surface area is 159 Å². The lowest BCUT2D eigenvalue weighted by Crippen LogP contribution is -2.31. The number of rotatable bonds is 6. The molecule has 0 radical (unpaired) electrons. The molecular weight excluding hydrogens is 368 g/mol. The summed E-state index contributed by atoms with van der Waals surface area (Å²) in [6, 6.07) is 8.74. The van der Waals surface area contributed by atoms with Crippen molar-refractivity contribution in [2.75, 3.05) is 11.9 Å². The third-order valence-electron chi connectivity index (χ3n) is 3.85. The second kappa shape index (κ2) is 8.85. The van der Waals surface area contributed by atoms with Crippen LogP contribution in [-0.2, 0) is 6.54 Å². The van der Waals surface area contributed by atoms with Gasteiger partial charge < -0.3 is 10.6 Å². The monoisotopic (exact) mass is 385 g/mol. The summed E-state index contributed by atoms with van der Waals surface area (Å²) in [6.45, 7) is 0.503. The predicted molar refractivity (Wildman–Crippen MR) is 99.7 cm³/mol. The average molecular weight is 385 g/mol. The summed E-state index contributed by atoms with van der Waals surface area (Å²) in [4.78, 5) is 27.7. The van der Waals surface area contributed by atoms with Gasteiger partial charge in [0.15, 0.2) is 0 Å². The summed E-state index contributed by atoms with van der Waals surface area (Å²) in [5, 5.41) is 9.06. The minimum absolute atomic E-state index is 0.219. The van der Waals surface area contributed by atoms with Crippen LogP contribution in [0.1, 0.15) is 6.42 Å². The molecule has 2 amide bonds. The van der Waals surface area contributed by atoms with Gasteiger partial charge in [-0.2, -0.15) is 5.10 Å². The number of benzene rings is 1. The van der Waals surface area contributed by atoms with E-state index < -0.39 is 17.7 Å². The Bertz CT molecular complexity index is 1020. The van der Waals surface area contributed by atoms with Crippen molar-refractivity contribution in [1.29, 1.82) is 0 Å². The van der Waals surface area contributed by atoms with E-state index in [0.717, 1.165) is 23.8 Å². The molecule has 9 heteroatoms. The van der Waals surface area contributed by atoms with Gasteiger partial charge >= 0.3 is 6.03 Å². The molecule has 0 unspecified atom stereocenters. The van der Waals surface area contributed by atoms with E-state index in [0.29, 0.717) is 12.1 Å². The fourth-order valence-electron chi connectivity index (χ4n) is 2.48. The molecule has 3 rings (SSSR count). The smallest absolute Gasteiger partial charge is 0.319 e. The Kier molecular flexibility index (Phi) is 6.05. The van der Waals surface area contributed by atoms with Crippen molar-refractivity contribution in [3.8, 4) is 11.3 Å². The highest BCUT2D eigenvalue weighted by Crippen LogP contribution is 2.15. The first kappa shape index (κ1) is 19.2. The fraction of sp³-hybridized carbons (Fsp3) is 0.158. The van der Waals surface area contributed by atoms with Crippen LogP contribution in [0.5, 0.6) is 0 Å². The van der Waals surface area contributed by atoms with E-state index >= 15 is 0 Å². The van der Waals surface area contributed by atoms with Crippen molar-refractivity contribution in [1.82, 2.24) is 20.1 Å². The number of amides is 2. The van der Waals surface area contributed by atoms with Crippen LogP contribution in [0, 0.1) is 11.6 Å².